The van der Waals surface area contributed by atoms with Gasteiger partial charge in [0.15, 0.2) is 0 Å². The maximum absolute atomic E-state index is 8.59. The quantitative estimate of drug-likeness (QED) is 0.0154. The Labute approximate surface area is 857 Å². The minimum Gasteiger partial charge on any atom is -0.398 e. The topological polar surface area (TPSA) is 253 Å². The molecule has 5 unspecified atom stereocenters. The van der Waals surface area contributed by atoms with Crippen molar-refractivity contribution in [3.63, 3.8) is 0 Å². The smallest absolute Gasteiger partial charge is 0.398 e. The molecule has 0 aromatic heterocycles. The van der Waals surface area contributed by atoms with Crippen LogP contribution in [0.2, 0.25) is 114 Å². The van der Waals surface area contributed by atoms with Crippen LogP contribution in [0.4, 0.5) is 0 Å². The summed E-state index contributed by atoms with van der Waals surface area (Å²) in [4.78, 5) is 6.66. The molecule has 786 valence electrons. The lowest BCUT2D eigenvalue weighted by atomic mass is 10.1. The van der Waals surface area contributed by atoms with Crippen molar-refractivity contribution in [2.45, 2.75) is 294 Å². The first kappa shape index (κ1) is 150. The van der Waals surface area contributed by atoms with E-state index in [4.69, 9.17) is 92.5 Å². The molecule has 1 fully saturated rings. The van der Waals surface area contributed by atoms with Crippen LogP contribution < -0.4 is 11.5 Å². The first-order valence-electron chi connectivity index (χ1n) is 47.2. The van der Waals surface area contributed by atoms with Gasteiger partial charge < -0.3 is 111 Å². The second kappa shape index (κ2) is 102. The first-order valence-corrected chi connectivity index (χ1v) is 76.7. The number of rotatable bonds is 67. The highest BCUT2D eigenvalue weighted by molar-refractivity contribution is 7.82. The summed E-state index contributed by atoms with van der Waals surface area (Å²) in [6.45, 7) is 44.1. The molecule has 0 aliphatic carbocycles. The largest absolute Gasteiger partial charge is 0.500 e. The van der Waals surface area contributed by atoms with E-state index < -0.39 is 76.9 Å². The van der Waals surface area contributed by atoms with Crippen molar-refractivity contribution in [1.29, 1.82) is 0 Å². The standard InChI is InChI=1S/C14H37NO2SSi3.C12H27NS.C11H25NO3SSi.2C10H25NO2SSi.C8H21NO2SSi.C8H20O3SSi.C6H16O3SSi.C4H10S.C2H6OS/c1-16-21(8,14-10-13-18)17-12-9-11-15(19(2,3)4)20(5,6)7;13-11-9-7-5-3-1-2-4-6-8-10-12-14;1-12-6-3-8-14-17(13-2,11-5-10-16)15-9-4-7-12;2*1-11(2)7-5-8-13-15(4,12-3)10-6-9-14;2*1-10-13(2,8-4-7-12)11-6-3-5-9;1-7-11(8-2,9-3)6-4-5-10;1-4(2,3)5;3-1-2-4/h18H,9-14H2,1-8H3;14H,1-13H2;16H,3-11H2,1-2H3;2*14H,5-10H2,1-4H3;12H,3-9H2,1-2H3;9,12H,3-8H2,1-2H3;10H,4-6H2,1-3H3;5H,1-3H3;3-4H,1-2H2. The van der Waals surface area contributed by atoms with Crippen LogP contribution in [0, 0.1) is 0 Å². The lowest BCUT2D eigenvalue weighted by Gasteiger charge is -2.43. The zero-order chi connectivity index (χ0) is 100. The Morgan fingerprint density at radius 3 is 0.844 bits per heavy atom. The second-order valence-corrected chi connectivity index (χ2v) is 74.5. The molecular weight excluding hydrogens is 1970 g/mol. The van der Waals surface area contributed by atoms with Crippen LogP contribution in [0.25, 0.3) is 0 Å². The highest BCUT2D eigenvalue weighted by Crippen LogP contribution is 2.25. The van der Waals surface area contributed by atoms with Gasteiger partial charge in [-0.15, -0.1) is 0 Å². The molecule has 0 saturated carbocycles. The molecule has 1 aliphatic heterocycles. The maximum Gasteiger partial charge on any atom is 0.500 e. The SMILES string of the molecule is CC(C)(C)S.CO[Si](C)(CCCS)OCCCN.CO[Si](C)(CCCS)OCCCN(C)C.CO[Si](C)(CCCS)OCCCN(C)C.CO[Si](C)(CCCS)OCCCN([Si](C)(C)C)[Si](C)(C)C.CO[Si](C)(CCCS)OCCCO.CO[Si](CCCS)(OC)OC.CO[Si]1(CCCS)OCCCN(C)CCCO1.NCCCCCCCCCCCCS.OCCS. The Bertz CT molecular complexity index is 2110. The monoisotopic (exact) mass is 2180 g/mol. The maximum atomic E-state index is 8.59. The van der Waals surface area contributed by atoms with Crippen molar-refractivity contribution in [2.24, 2.45) is 11.5 Å². The fourth-order valence-corrected chi connectivity index (χ4v) is 38.4. The molecular formula is C85H212N6O18S10Si9. The van der Waals surface area contributed by atoms with E-state index in [2.05, 4.69) is 267 Å². The van der Waals surface area contributed by atoms with E-state index in [1.807, 2.05) is 6.55 Å². The summed E-state index contributed by atoms with van der Waals surface area (Å²) < 4.78 is 92.9. The van der Waals surface area contributed by atoms with Gasteiger partial charge in [-0.2, -0.15) is 126 Å². The van der Waals surface area contributed by atoms with E-state index in [-0.39, 0.29) is 18.0 Å². The Kier molecular flexibility index (Phi) is 119. The number of aliphatic hydroxyl groups excluding tert-OH is 2. The molecule has 1 saturated heterocycles. The Hall–Kier alpha value is 4.49. The predicted molar refractivity (Wildman–Crippen MR) is 612 cm³/mol. The van der Waals surface area contributed by atoms with Gasteiger partial charge in [0, 0.05) is 139 Å². The third kappa shape index (κ3) is 108. The molecule has 5 atom stereocenters. The van der Waals surface area contributed by atoms with Crippen LogP contribution in [0.3, 0.4) is 0 Å². The van der Waals surface area contributed by atoms with Crippen LogP contribution in [0.1, 0.15) is 175 Å². The molecule has 6 N–H and O–H groups in total. The van der Waals surface area contributed by atoms with E-state index in [0.717, 1.165) is 244 Å². The van der Waals surface area contributed by atoms with Gasteiger partial charge in [-0.25, -0.2) is 0 Å². The summed E-state index contributed by atoms with van der Waals surface area (Å²) in [6.07, 6.45) is 27.9. The van der Waals surface area contributed by atoms with E-state index >= 15 is 0 Å². The molecule has 43 heteroatoms. The molecule has 0 spiro atoms. The zero-order valence-corrected chi connectivity index (χ0v) is 105. The predicted octanol–water partition coefficient (Wildman–Crippen LogP) is 19.4. The van der Waals surface area contributed by atoms with Gasteiger partial charge in [0.1, 0.15) is 16.5 Å². The normalized spacial score (nSPS) is 15.5. The van der Waals surface area contributed by atoms with E-state index in [9.17, 15) is 0 Å². The number of thiol groups is 10. The van der Waals surface area contributed by atoms with Crippen LogP contribution in [-0.2, 0) is 70.8 Å². The van der Waals surface area contributed by atoms with Gasteiger partial charge in [-0.1, -0.05) is 111 Å². The summed E-state index contributed by atoms with van der Waals surface area (Å²) >= 11 is 41.4. The number of nitrogens with zero attached hydrogens (tertiary/aromatic N) is 4. The number of aliphatic hydroxyl groups is 2. The van der Waals surface area contributed by atoms with E-state index in [0.29, 0.717) is 25.3 Å². The summed E-state index contributed by atoms with van der Waals surface area (Å²) in [5, 5.41) is 16.4. The van der Waals surface area contributed by atoms with Gasteiger partial charge in [0.05, 0.1) is 6.61 Å². The average Bonchev–Trinajstić information content (AvgIpc) is 0.844. The molecule has 0 bridgehead atoms. The van der Waals surface area contributed by atoms with Crippen molar-refractivity contribution >= 4 is 203 Å². The molecule has 1 aliphatic rings. The lowest BCUT2D eigenvalue weighted by Crippen LogP contribution is -2.59. The summed E-state index contributed by atoms with van der Waals surface area (Å²) in [5.41, 5.74) is 10.8. The Morgan fingerprint density at radius 1 is 0.352 bits per heavy atom. The number of nitrogens with two attached hydrogens (primary N) is 2. The highest BCUT2D eigenvalue weighted by Gasteiger charge is 2.41. The lowest BCUT2D eigenvalue weighted by molar-refractivity contribution is 0.0641. The molecule has 1 rings (SSSR count). The molecule has 1 heterocycles. The zero-order valence-electron chi connectivity index (χ0n) is 87.4. The fraction of sp³-hybridized carbons (Fsp3) is 1.00. The van der Waals surface area contributed by atoms with Crippen molar-refractivity contribution in [3.05, 3.63) is 0 Å². The fourth-order valence-electron chi connectivity index (χ4n) is 11.9. The van der Waals surface area contributed by atoms with Gasteiger partial charge in [-0.3, -0.25) is 0 Å². The van der Waals surface area contributed by atoms with Crippen molar-refractivity contribution in [3.8, 4) is 0 Å². The average molecular weight is 2180 g/mol. The summed E-state index contributed by atoms with van der Waals surface area (Å²) in [6, 6.07) is 6.81. The van der Waals surface area contributed by atoms with Gasteiger partial charge in [-0.05, 0) is 293 Å². The molecule has 0 aromatic rings. The van der Waals surface area contributed by atoms with E-state index in [1.165, 1.54) is 70.8 Å². The van der Waals surface area contributed by atoms with Gasteiger partial charge in [0.2, 0.25) is 0 Å². The van der Waals surface area contributed by atoms with Crippen molar-refractivity contribution in [2.75, 3.05) is 256 Å². The van der Waals surface area contributed by atoms with Crippen LogP contribution in [0.15, 0.2) is 0 Å². The third-order valence-electron chi connectivity index (χ3n) is 19.7. The minimum absolute atomic E-state index is 0.181. The van der Waals surface area contributed by atoms with E-state index in [1.54, 1.807) is 64.0 Å². The molecule has 0 amide bonds. The first-order chi connectivity index (χ1) is 60.2. The Balaban J connectivity index is -0.000000179. The Morgan fingerprint density at radius 2 is 0.609 bits per heavy atom. The van der Waals surface area contributed by atoms with Crippen LogP contribution >= 0.6 is 126 Å². The second-order valence-electron chi connectivity index (χ2n) is 35.7. The van der Waals surface area contributed by atoms with Gasteiger partial charge in [0.25, 0.3) is 0 Å². The summed E-state index contributed by atoms with van der Waals surface area (Å²) in [7, 11) is 9.06. The van der Waals surface area contributed by atoms with Crippen molar-refractivity contribution in [1.82, 2.24) is 18.9 Å². The molecule has 0 aromatic carbocycles. The number of unbranched alkanes of at least 4 members (excludes halogenated alkanes) is 9. The van der Waals surface area contributed by atoms with Crippen molar-refractivity contribution < 1.29 is 81.0 Å². The molecule has 0 radical (unpaired) electrons. The van der Waals surface area contributed by atoms with Crippen LogP contribution in [-0.4, -0.2) is 367 Å². The third-order valence-corrected chi connectivity index (χ3v) is 50.5. The highest BCUT2D eigenvalue weighted by atomic mass is 32.1. The summed E-state index contributed by atoms with van der Waals surface area (Å²) in [5.74, 6) is 7.81. The minimum atomic E-state index is -2.40. The number of hydrogen-bond acceptors (Lipinski definition) is 34. The van der Waals surface area contributed by atoms with Crippen LogP contribution in [0.5, 0.6) is 0 Å². The van der Waals surface area contributed by atoms with Gasteiger partial charge >= 0.3 is 60.4 Å². The number of hydrogen-bond donors (Lipinski definition) is 14. The molecule has 24 nitrogen and oxygen atoms in total. The molecule has 128 heavy (non-hydrogen) atoms.